The second-order valence-electron chi connectivity index (χ2n) is 16.2. The van der Waals surface area contributed by atoms with Crippen LogP contribution in [0.15, 0.2) is 175 Å². The van der Waals surface area contributed by atoms with Gasteiger partial charge in [-0.3, -0.25) is 14.6 Å². The number of hydrogen-bond acceptors (Lipinski definition) is 6. The SMILES string of the molecule is C.C.CN1C(=O)C(Cc2ccc3ccccc3c2)CN(c2ccc(O)cc2)c2cc(Cl)ccc21.CN1C(=O)C(Cc2ccc3ccccc3c2)N=C(c2ccc(O)cc2)c2cc(Cl)ccc21. The minimum Gasteiger partial charge on any atom is -0.508 e. The number of halogens is 2. The molecule has 8 nitrogen and oxygen atoms in total. The molecule has 66 heavy (non-hydrogen) atoms. The van der Waals surface area contributed by atoms with Crippen LogP contribution in [0.4, 0.5) is 22.7 Å². The number of benzene rings is 8. The maximum atomic E-state index is 13.5. The molecule has 8 aromatic carbocycles. The summed E-state index contributed by atoms with van der Waals surface area (Å²) in [4.78, 5) is 37.4. The summed E-state index contributed by atoms with van der Waals surface area (Å²) < 4.78 is 0. The smallest absolute Gasteiger partial charge is 0.251 e. The van der Waals surface area contributed by atoms with Gasteiger partial charge < -0.3 is 24.9 Å². The van der Waals surface area contributed by atoms with Crippen molar-refractivity contribution >= 4 is 85.0 Å². The number of aliphatic imine (C=N–C) groups is 1. The number of rotatable bonds is 6. The summed E-state index contributed by atoms with van der Waals surface area (Å²) in [5.74, 6) is 0.130. The zero-order chi connectivity index (χ0) is 44.5. The monoisotopic (exact) mass is 914 g/mol. The van der Waals surface area contributed by atoms with Gasteiger partial charge in [0.2, 0.25) is 5.91 Å². The molecule has 0 radical (unpaired) electrons. The molecule has 2 amide bonds. The van der Waals surface area contributed by atoms with Gasteiger partial charge in [-0.15, -0.1) is 0 Å². The first-order chi connectivity index (χ1) is 31.0. The third-order valence-corrected chi connectivity index (χ3v) is 12.5. The Morgan fingerprint density at radius 3 is 1.67 bits per heavy atom. The van der Waals surface area contributed by atoms with Crippen molar-refractivity contribution in [2.24, 2.45) is 10.9 Å². The van der Waals surface area contributed by atoms with Gasteiger partial charge in [-0.25, -0.2) is 0 Å². The molecule has 334 valence electrons. The van der Waals surface area contributed by atoms with Crippen LogP contribution < -0.4 is 14.7 Å². The van der Waals surface area contributed by atoms with E-state index in [0.29, 0.717) is 35.1 Å². The van der Waals surface area contributed by atoms with E-state index in [0.717, 1.165) is 55.8 Å². The molecule has 10 rings (SSSR count). The van der Waals surface area contributed by atoms with Gasteiger partial charge in [-0.05, 0) is 124 Å². The molecule has 8 aromatic rings. The standard InChI is InChI=1S/C27H23ClN2O2.C27H21ClN2O2.2CH4/c1-29-25-13-8-22(28)16-26(25)30(23-9-11-24(31)12-10-23)17-21(27(29)32)15-18-6-7-19-4-2-3-5-20(19)14-18;1-30-25-13-10-21(28)16-23(25)26(19-8-11-22(31)12-9-19)29-24(27(30)32)15-17-6-7-18-4-2-3-5-20(18)14-17;;/h2-14,16,21,31H,15,17H2,1H3;2-14,16,24,31H,15H2,1H3;2*1H4. The average Bonchev–Trinajstić information content (AvgIpc) is 3.47. The fraction of sp³-hybridized carbons (Fsp3) is 0.161. The lowest BCUT2D eigenvalue weighted by atomic mass is 9.95. The van der Waals surface area contributed by atoms with Crippen LogP contribution in [0.3, 0.4) is 0 Å². The summed E-state index contributed by atoms with van der Waals surface area (Å²) in [5, 5.41) is 25.4. The van der Waals surface area contributed by atoms with E-state index in [-0.39, 0.29) is 44.1 Å². The number of benzodiazepines with no additional fused rings is 1. The fourth-order valence-electron chi connectivity index (χ4n) is 8.65. The second kappa shape index (κ2) is 19.9. The molecule has 2 aliphatic heterocycles. The van der Waals surface area contributed by atoms with E-state index in [1.54, 1.807) is 47.2 Å². The number of carbonyl (C=O) groups is 2. The molecule has 0 bridgehead atoms. The predicted molar refractivity (Wildman–Crippen MR) is 275 cm³/mol. The Morgan fingerprint density at radius 1 is 0.545 bits per heavy atom. The van der Waals surface area contributed by atoms with Crippen LogP contribution in [0.25, 0.3) is 21.5 Å². The largest absolute Gasteiger partial charge is 0.508 e. The molecular formula is C56H52Cl2N4O4. The summed E-state index contributed by atoms with van der Waals surface area (Å²) in [6.07, 6.45) is 1.11. The molecule has 10 heteroatoms. The Bertz CT molecular complexity index is 3080. The lowest BCUT2D eigenvalue weighted by Gasteiger charge is -2.27. The number of likely N-dealkylation sites (N-methyl/N-ethyl adjacent to an activating group) is 1. The lowest BCUT2D eigenvalue weighted by molar-refractivity contribution is -0.121. The number of aromatic hydroxyl groups is 2. The molecule has 2 aliphatic rings. The van der Waals surface area contributed by atoms with Crippen molar-refractivity contribution in [1.82, 2.24) is 0 Å². The number of hydrogen-bond donors (Lipinski definition) is 2. The molecule has 0 fully saturated rings. The number of carbonyl (C=O) groups excluding carboxylic acids is 2. The number of anilines is 4. The first-order valence-corrected chi connectivity index (χ1v) is 21.8. The van der Waals surface area contributed by atoms with E-state index in [9.17, 15) is 19.8 Å². The molecule has 0 aliphatic carbocycles. The third-order valence-electron chi connectivity index (χ3n) is 12.0. The van der Waals surface area contributed by atoms with Gasteiger partial charge in [-0.2, -0.15) is 0 Å². The number of fused-ring (bicyclic) bond motifs is 4. The fourth-order valence-corrected chi connectivity index (χ4v) is 8.99. The molecular weight excluding hydrogens is 864 g/mol. The van der Waals surface area contributed by atoms with Crippen molar-refractivity contribution in [2.75, 3.05) is 35.3 Å². The molecule has 2 N–H and O–H groups in total. The summed E-state index contributed by atoms with van der Waals surface area (Å²) in [7, 11) is 3.60. The van der Waals surface area contributed by atoms with E-state index >= 15 is 0 Å². The number of phenolic OH excluding ortho intramolecular Hbond substituents is 2. The number of amides is 2. The van der Waals surface area contributed by atoms with Crippen LogP contribution in [0.5, 0.6) is 11.5 Å². The first-order valence-electron chi connectivity index (χ1n) is 21.0. The van der Waals surface area contributed by atoms with Crippen molar-refractivity contribution in [1.29, 1.82) is 0 Å². The Labute approximate surface area is 396 Å². The Morgan fingerprint density at radius 2 is 1.06 bits per heavy atom. The van der Waals surface area contributed by atoms with E-state index in [2.05, 4.69) is 65.6 Å². The zero-order valence-electron chi connectivity index (χ0n) is 35.2. The normalized spacial score (nSPS) is 15.6. The lowest BCUT2D eigenvalue weighted by Crippen LogP contribution is -2.36. The van der Waals surface area contributed by atoms with E-state index in [1.165, 1.54) is 10.8 Å². The van der Waals surface area contributed by atoms with Crippen LogP contribution in [-0.4, -0.2) is 54.4 Å². The van der Waals surface area contributed by atoms with Gasteiger partial charge in [0.25, 0.3) is 5.91 Å². The maximum absolute atomic E-state index is 13.5. The van der Waals surface area contributed by atoms with Crippen LogP contribution in [0, 0.1) is 5.92 Å². The van der Waals surface area contributed by atoms with Gasteiger partial charge in [-0.1, -0.05) is 123 Å². The Hall–Kier alpha value is -7.13. The highest BCUT2D eigenvalue weighted by atomic mass is 35.5. The van der Waals surface area contributed by atoms with Gasteiger partial charge in [0.05, 0.1) is 28.7 Å². The maximum Gasteiger partial charge on any atom is 0.251 e. The molecule has 2 atom stereocenters. The minimum absolute atomic E-state index is 0. The van der Waals surface area contributed by atoms with E-state index in [4.69, 9.17) is 28.2 Å². The number of nitrogens with zero attached hydrogens (tertiary/aromatic N) is 4. The minimum atomic E-state index is -0.587. The molecule has 2 heterocycles. The summed E-state index contributed by atoms with van der Waals surface area (Å²) in [5.41, 5.74) is 7.82. The molecule has 0 aromatic heterocycles. The van der Waals surface area contributed by atoms with Crippen LogP contribution in [0.2, 0.25) is 10.0 Å². The zero-order valence-corrected chi connectivity index (χ0v) is 36.7. The van der Waals surface area contributed by atoms with Gasteiger partial charge in [0, 0.05) is 53.9 Å². The Balaban J connectivity index is 0.000000191. The summed E-state index contributed by atoms with van der Waals surface area (Å²) in [6.45, 7) is 0.508. The highest BCUT2D eigenvalue weighted by Gasteiger charge is 2.33. The Kier molecular flexibility index (Phi) is 14.2. The van der Waals surface area contributed by atoms with Crippen LogP contribution in [0.1, 0.15) is 37.1 Å². The second-order valence-corrected chi connectivity index (χ2v) is 17.1. The highest BCUT2D eigenvalue weighted by Crippen LogP contribution is 2.41. The van der Waals surface area contributed by atoms with Crippen LogP contribution in [-0.2, 0) is 22.4 Å². The first kappa shape index (κ1) is 46.9. The molecule has 0 spiro atoms. The van der Waals surface area contributed by atoms with Crippen molar-refractivity contribution < 1.29 is 19.8 Å². The van der Waals surface area contributed by atoms with Crippen molar-refractivity contribution in [2.45, 2.75) is 33.7 Å². The van der Waals surface area contributed by atoms with E-state index in [1.807, 2.05) is 85.9 Å². The third kappa shape index (κ3) is 9.76. The van der Waals surface area contributed by atoms with Gasteiger partial charge in [0.1, 0.15) is 17.5 Å². The van der Waals surface area contributed by atoms with Gasteiger partial charge >= 0.3 is 0 Å². The van der Waals surface area contributed by atoms with E-state index < -0.39 is 6.04 Å². The van der Waals surface area contributed by atoms with Crippen molar-refractivity contribution in [3.8, 4) is 11.5 Å². The predicted octanol–water partition coefficient (Wildman–Crippen LogP) is 13.1. The van der Waals surface area contributed by atoms with Crippen molar-refractivity contribution in [3.05, 3.63) is 202 Å². The summed E-state index contributed by atoms with van der Waals surface area (Å²) in [6, 6.07) is 53.5. The topological polar surface area (TPSA) is 96.7 Å². The average molecular weight is 916 g/mol. The number of phenols is 2. The molecule has 0 saturated heterocycles. The quantitative estimate of drug-likeness (QED) is 0.173. The van der Waals surface area contributed by atoms with Crippen molar-refractivity contribution in [3.63, 3.8) is 0 Å². The molecule has 2 unspecified atom stereocenters. The van der Waals surface area contributed by atoms with Gasteiger partial charge in [0.15, 0.2) is 0 Å². The summed E-state index contributed by atoms with van der Waals surface area (Å²) >= 11 is 12.7. The van der Waals surface area contributed by atoms with Crippen LogP contribution >= 0.6 is 23.2 Å². The molecule has 0 saturated carbocycles. The highest BCUT2D eigenvalue weighted by molar-refractivity contribution is 6.32.